The summed E-state index contributed by atoms with van der Waals surface area (Å²) in [4.78, 5) is 0. The van der Waals surface area contributed by atoms with Crippen molar-refractivity contribution in [2.45, 2.75) is 6.92 Å². The summed E-state index contributed by atoms with van der Waals surface area (Å²) >= 11 is 4.62. The van der Waals surface area contributed by atoms with Gasteiger partial charge < -0.3 is 15.2 Å². The highest BCUT2D eigenvalue weighted by molar-refractivity contribution is 7.80. The van der Waals surface area contributed by atoms with Gasteiger partial charge in [-0.15, -0.1) is 0 Å². The second-order valence-electron chi connectivity index (χ2n) is 3.08. The Balaban J connectivity index is 2.81. The fraction of sp³-hybridized carbons (Fsp3) is 0.273. The van der Waals surface area contributed by atoms with Crippen molar-refractivity contribution >= 4 is 23.5 Å². The summed E-state index contributed by atoms with van der Waals surface area (Å²) in [6.07, 6.45) is 1.59. The molecule has 1 aromatic carbocycles. The molecule has 3 N–H and O–H groups in total. The van der Waals surface area contributed by atoms with E-state index < -0.39 is 0 Å². The molecular weight excluding hydrogens is 238 g/mol. The first-order chi connectivity index (χ1) is 8.17. The predicted molar refractivity (Wildman–Crippen MR) is 71.7 cm³/mol. The van der Waals surface area contributed by atoms with E-state index >= 15 is 0 Å². The summed E-state index contributed by atoms with van der Waals surface area (Å²) in [6, 6.07) is 5.50. The lowest BCUT2D eigenvalue weighted by Crippen LogP contribution is -2.23. The fourth-order valence-corrected chi connectivity index (χ4v) is 1.26. The van der Waals surface area contributed by atoms with Gasteiger partial charge in [-0.05, 0) is 42.9 Å². The third-order valence-corrected chi connectivity index (χ3v) is 1.97. The smallest absolute Gasteiger partial charge is 0.184 e. The quantitative estimate of drug-likeness (QED) is 0.470. The van der Waals surface area contributed by atoms with Crippen LogP contribution in [-0.2, 0) is 0 Å². The first-order valence-electron chi connectivity index (χ1n) is 5.06. The topological polar surface area (TPSA) is 68.9 Å². The molecule has 0 spiro atoms. The van der Waals surface area contributed by atoms with E-state index in [2.05, 4.69) is 22.7 Å². The van der Waals surface area contributed by atoms with E-state index in [1.54, 1.807) is 13.3 Å². The molecule has 0 amide bonds. The first-order valence-corrected chi connectivity index (χ1v) is 5.47. The van der Waals surface area contributed by atoms with E-state index in [1.807, 2.05) is 25.1 Å². The number of nitrogens with zero attached hydrogens (tertiary/aromatic N) is 1. The predicted octanol–water partition coefficient (Wildman–Crippen LogP) is 1.26. The van der Waals surface area contributed by atoms with Gasteiger partial charge in [0, 0.05) is 0 Å². The Kier molecular flexibility index (Phi) is 5.22. The molecule has 0 aliphatic rings. The number of benzene rings is 1. The van der Waals surface area contributed by atoms with Crippen LogP contribution < -0.4 is 20.6 Å². The average molecular weight is 253 g/mol. The van der Waals surface area contributed by atoms with Gasteiger partial charge in [-0.3, -0.25) is 5.43 Å². The molecule has 0 fully saturated rings. The minimum atomic E-state index is 0.124. The Morgan fingerprint density at radius 3 is 2.88 bits per heavy atom. The monoisotopic (exact) mass is 253 g/mol. The van der Waals surface area contributed by atoms with E-state index in [4.69, 9.17) is 15.2 Å². The Morgan fingerprint density at radius 1 is 1.53 bits per heavy atom. The van der Waals surface area contributed by atoms with Crippen LogP contribution in [0.4, 0.5) is 0 Å². The molecule has 17 heavy (non-hydrogen) atoms. The van der Waals surface area contributed by atoms with Gasteiger partial charge in [0.1, 0.15) is 0 Å². The maximum atomic E-state index is 5.40. The van der Waals surface area contributed by atoms with Crippen LogP contribution in [0.2, 0.25) is 0 Å². The summed E-state index contributed by atoms with van der Waals surface area (Å²) in [5, 5.41) is 3.98. The molecule has 0 heterocycles. The molecule has 0 aromatic heterocycles. The van der Waals surface area contributed by atoms with Crippen LogP contribution in [0.3, 0.4) is 0 Å². The zero-order chi connectivity index (χ0) is 12.7. The molecule has 0 saturated carbocycles. The number of nitrogens with two attached hydrogens (primary N) is 1. The average Bonchev–Trinajstić information content (AvgIpc) is 2.30. The second-order valence-corrected chi connectivity index (χ2v) is 3.52. The normalized spacial score (nSPS) is 10.2. The number of nitrogens with one attached hydrogen (secondary N) is 1. The molecule has 0 aliphatic carbocycles. The largest absolute Gasteiger partial charge is 0.493 e. The Bertz CT molecular complexity index is 421. The maximum Gasteiger partial charge on any atom is 0.184 e. The minimum absolute atomic E-state index is 0.124. The van der Waals surface area contributed by atoms with Crippen molar-refractivity contribution in [3.8, 4) is 11.5 Å². The van der Waals surface area contributed by atoms with Crippen molar-refractivity contribution in [1.82, 2.24) is 5.43 Å². The molecule has 1 aromatic rings. The van der Waals surface area contributed by atoms with Crippen LogP contribution in [0, 0.1) is 0 Å². The number of methoxy groups -OCH3 is 1. The second kappa shape index (κ2) is 6.70. The Labute approximate surface area is 106 Å². The molecule has 5 nitrogen and oxygen atoms in total. The van der Waals surface area contributed by atoms with Crippen LogP contribution >= 0.6 is 12.2 Å². The lowest BCUT2D eigenvalue weighted by molar-refractivity contribution is 0.311. The van der Waals surface area contributed by atoms with E-state index in [0.29, 0.717) is 18.1 Å². The van der Waals surface area contributed by atoms with Crippen molar-refractivity contribution in [3.63, 3.8) is 0 Å². The van der Waals surface area contributed by atoms with Gasteiger partial charge in [-0.1, -0.05) is 0 Å². The summed E-state index contributed by atoms with van der Waals surface area (Å²) in [5.41, 5.74) is 8.57. The highest BCUT2D eigenvalue weighted by Gasteiger charge is 2.03. The zero-order valence-electron chi connectivity index (χ0n) is 9.77. The van der Waals surface area contributed by atoms with E-state index in [-0.39, 0.29) is 5.11 Å². The van der Waals surface area contributed by atoms with Gasteiger partial charge in [-0.2, -0.15) is 5.10 Å². The summed E-state index contributed by atoms with van der Waals surface area (Å²) < 4.78 is 10.6. The lowest BCUT2D eigenvalue weighted by atomic mass is 10.2. The zero-order valence-corrected chi connectivity index (χ0v) is 10.6. The number of rotatable bonds is 5. The van der Waals surface area contributed by atoms with Gasteiger partial charge in [-0.25, -0.2) is 0 Å². The molecule has 0 bridgehead atoms. The van der Waals surface area contributed by atoms with E-state index in [0.717, 1.165) is 5.56 Å². The highest BCUT2D eigenvalue weighted by Crippen LogP contribution is 2.27. The molecular formula is C11H15N3O2S. The van der Waals surface area contributed by atoms with Gasteiger partial charge in [0.25, 0.3) is 0 Å². The van der Waals surface area contributed by atoms with Crippen LogP contribution in [0.25, 0.3) is 0 Å². The van der Waals surface area contributed by atoms with Crippen LogP contribution in [0.1, 0.15) is 12.5 Å². The number of hydrogen-bond acceptors (Lipinski definition) is 4. The van der Waals surface area contributed by atoms with Crippen molar-refractivity contribution in [1.29, 1.82) is 0 Å². The number of hydrogen-bond donors (Lipinski definition) is 2. The van der Waals surface area contributed by atoms with Crippen LogP contribution in [-0.4, -0.2) is 25.0 Å². The number of hydrazone groups is 1. The van der Waals surface area contributed by atoms with Gasteiger partial charge in [0.2, 0.25) is 0 Å². The maximum absolute atomic E-state index is 5.40. The molecule has 1 rings (SSSR count). The highest BCUT2D eigenvalue weighted by atomic mass is 32.1. The third kappa shape index (κ3) is 4.28. The fourth-order valence-electron chi connectivity index (χ4n) is 1.21. The summed E-state index contributed by atoms with van der Waals surface area (Å²) in [7, 11) is 1.59. The molecule has 92 valence electrons. The minimum Gasteiger partial charge on any atom is -0.493 e. The Hall–Kier alpha value is -1.82. The van der Waals surface area contributed by atoms with Crippen molar-refractivity contribution < 1.29 is 9.47 Å². The molecule has 0 saturated heterocycles. The summed E-state index contributed by atoms with van der Waals surface area (Å²) in [6.45, 7) is 2.51. The summed E-state index contributed by atoms with van der Waals surface area (Å²) in [5.74, 6) is 1.36. The standard InChI is InChI=1S/C11H15N3O2S/c1-3-16-9-5-4-8(6-10(9)15-2)7-13-14-11(12)17/h4-7H,3H2,1-2H3,(H3,12,14,17)/b13-7+. The van der Waals surface area contributed by atoms with E-state index in [1.165, 1.54) is 0 Å². The Morgan fingerprint density at radius 2 is 2.29 bits per heavy atom. The molecule has 0 atom stereocenters. The molecule has 0 aliphatic heterocycles. The van der Waals surface area contributed by atoms with E-state index in [9.17, 15) is 0 Å². The molecule has 0 unspecified atom stereocenters. The van der Waals surface area contributed by atoms with Crippen LogP contribution in [0.15, 0.2) is 23.3 Å². The van der Waals surface area contributed by atoms with Crippen molar-refractivity contribution in [3.05, 3.63) is 23.8 Å². The molecule has 0 radical (unpaired) electrons. The van der Waals surface area contributed by atoms with Gasteiger partial charge >= 0.3 is 0 Å². The lowest BCUT2D eigenvalue weighted by Gasteiger charge is -2.09. The van der Waals surface area contributed by atoms with Crippen molar-refractivity contribution in [2.24, 2.45) is 10.8 Å². The first kappa shape index (κ1) is 13.2. The third-order valence-electron chi connectivity index (χ3n) is 1.88. The van der Waals surface area contributed by atoms with Gasteiger partial charge in [0.05, 0.1) is 19.9 Å². The van der Waals surface area contributed by atoms with Crippen LogP contribution in [0.5, 0.6) is 11.5 Å². The molecule has 6 heteroatoms. The van der Waals surface area contributed by atoms with Gasteiger partial charge in [0.15, 0.2) is 16.6 Å². The number of thiocarbonyl (C=S) groups is 1. The SMILES string of the molecule is CCOc1ccc(/C=N/NC(N)=S)cc1OC. The van der Waals surface area contributed by atoms with Crippen molar-refractivity contribution in [2.75, 3.05) is 13.7 Å². The number of ether oxygens (including phenoxy) is 2.